The Kier molecular flexibility index (Phi) is 4.58. The molecule has 0 aromatic carbocycles. The molecule has 1 fully saturated rings. The Labute approximate surface area is 106 Å². The van der Waals surface area contributed by atoms with Gasteiger partial charge in [0.25, 0.3) is 0 Å². The van der Waals surface area contributed by atoms with Gasteiger partial charge in [0.2, 0.25) is 0 Å². The molecule has 2 atom stereocenters. The molecule has 17 heavy (non-hydrogen) atoms. The minimum absolute atomic E-state index is 0.892. The molecule has 0 saturated heterocycles. The van der Waals surface area contributed by atoms with E-state index in [4.69, 9.17) is 4.99 Å². The SMILES string of the molecule is CC/C1=C/CN=C(CCC2CCC2C)/C=C/C1. The molecule has 0 aromatic heterocycles. The molecule has 2 rings (SSSR count). The van der Waals surface area contributed by atoms with Gasteiger partial charge in [0.05, 0.1) is 6.54 Å². The number of hydrogen-bond acceptors (Lipinski definition) is 1. The number of hydrogen-bond donors (Lipinski definition) is 0. The van der Waals surface area contributed by atoms with Crippen molar-refractivity contribution in [1.82, 2.24) is 0 Å². The lowest BCUT2D eigenvalue weighted by Crippen LogP contribution is -2.23. The third kappa shape index (κ3) is 3.55. The molecular weight excluding hydrogens is 206 g/mol. The highest BCUT2D eigenvalue weighted by atomic mass is 14.7. The fraction of sp³-hybridized carbons (Fsp3) is 0.688. The molecule has 94 valence electrons. The predicted molar refractivity (Wildman–Crippen MR) is 75.6 cm³/mol. The van der Waals surface area contributed by atoms with Crippen LogP contribution >= 0.6 is 0 Å². The van der Waals surface area contributed by atoms with Gasteiger partial charge in [0.1, 0.15) is 0 Å². The second-order valence-electron chi connectivity index (χ2n) is 5.51. The normalized spacial score (nSPS) is 33.8. The monoisotopic (exact) mass is 231 g/mol. The number of rotatable bonds is 4. The van der Waals surface area contributed by atoms with E-state index >= 15 is 0 Å². The Hall–Kier alpha value is -0.850. The van der Waals surface area contributed by atoms with Crippen LogP contribution in [0.5, 0.6) is 0 Å². The zero-order chi connectivity index (χ0) is 12.1. The van der Waals surface area contributed by atoms with Crippen LogP contribution in [-0.4, -0.2) is 12.3 Å². The van der Waals surface area contributed by atoms with Crippen LogP contribution in [0.1, 0.15) is 52.4 Å². The van der Waals surface area contributed by atoms with Crippen molar-refractivity contribution in [3.63, 3.8) is 0 Å². The number of nitrogens with zero attached hydrogens (tertiary/aromatic N) is 1. The number of allylic oxidation sites excluding steroid dienone is 3. The van der Waals surface area contributed by atoms with Gasteiger partial charge in [-0.2, -0.15) is 0 Å². The summed E-state index contributed by atoms with van der Waals surface area (Å²) in [6.45, 7) is 5.51. The third-order valence-corrected chi connectivity index (χ3v) is 4.39. The maximum absolute atomic E-state index is 4.69. The van der Waals surface area contributed by atoms with Crippen molar-refractivity contribution >= 4 is 5.71 Å². The Bertz CT molecular complexity index is 335. The zero-order valence-electron chi connectivity index (χ0n) is 11.3. The van der Waals surface area contributed by atoms with Gasteiger partial charge in [-0.25, -0.2) is 0 Å². The first-order valence-corrected chi connectivity index (χ1v) is 7.17. The summed E-state index contributed by atoms with van der Waals surface area (Å²) in [6, 6.07) is 0. The summed E-state index contributed by atoms with van der Waals surface area (Å²) in [5.74, 6) is 1.93. The van der Waals surface area contributed by atoms with E-state index in [1.165, 1.54) is 37.0 Å². The average Bonchev–Trinajstić information content (AvgIpc) is 2.30. The number of aliphatic imine (C=N–C) groups is 1. The molecule has 1 heteroatoms. The Balaban J connectivity index is 1.82. The van der Waals surface area contributed by atoms with Crippen molar-refractivity contribution in [2.24, 2.45) is 16.8 Å². The van der Waals surface area contributed by atoms with Gasteiger partial charge in [-0.1, -0.05) is 38.0 Å². The van der Waals surface area contributed by atoms with E-state index in [-0.39, 0.29) is 0 Å². The van der Waals surface area contributed by atoms with Gasteiger partial charge >= 0.3 is 0 Å². The van der Waals surface area contributed by atoms with E-state index in [2.05, 4.69) is 32.1 Å². The summed E-state index contributed by atoms with van der Waals surface area (Å²) in [7, 11) is 0. The van der Waals surface area contributed by atoms with E-state index in [1.807, 2.05) is 0 Å². The highest BCUT2D eigenvalue weighted by molar-refractivity contribution is 5.95. The van der Waals surface area contributed by atoms with Gasteiger partial charge < -0.3 is 0 Å². The first-order chi connectivity index (χ1) is 8.29. The van der Waals surface area contributed by atoms with E-state index in [9.17, 15) is 0 Å². The quantitative estimate of drug-likeness (QED) is 0.629. The predicted octanol–water partition coefficient (Wildman–Crippen LogP) is 4.55. The van der Waals surface area contributed by atoms with Crippen LogP contribution in [0.15, 0.2) is 28.8 Å². The lowest BCUT2D eigenvalue weighted by molar-refractivity contribution is 0.186. The van der Waals surface area contributed by atoms with Crippen LogP contribution in [0.4, 0.5) is 0 Å². The minimum atomic E-state index is 0.892. The molecule has 2 aliphatic rings. The molecule has 1 heterocycles. The van der Waals surface area contributed by atoms with Gasteiger partial charge in [-0.3, -0.25) is 4.99 Å². The van der Waals surface area contributed by atoms with E-state index < -0.39 is 0 Å². The molecule has 0 amide bonds. The van der Waals surface area contributed by atoms with Crippen molar-refractivity contribution in [2.75, 3.05) is 6.54 Å². The average molecular weight is 231 g/mol. The lowest BCUT2D eigenvalue weighted by Gasteiger charge is -2.33. The highest BCUT2D eigenvalue weighted by Gasteiger charge is 2.26. The summed E-state index contributed by atoms with van der Waals surface area (Å²) < 4.78 is 0. The molecule has 1 aliphatic carbocycles. The van der Waals surface area contributed by atoms with E-state index in [1.54, 1.807) is 0 Å². The molecule has 1 aliphatic heterocycles. The Morgan fingerprint density at radius 3 is 2.88 bits per heavy atom. The molecule has 1 nitrogen and oxygen atoms in total. The van der Waals surface area contributed by atoms with Crippen molar-refractivity contribution in [1.29, 1.82) is 0 Å². The van der Waals surface area contributed by atoms with E-state index in [0.29, 0.717) is 0 Å². The van der Waals surface area contributed by atoms with Gasteiger partial charge in [-0.05, 0) is 50.0 Å². The first kappa shape index (κ1) is 12.6. The molecule has 0 bridgehead atoms. The van der Waals surface area contributed by atoms with Crippen molar-refractivity contribution < 1.29 is 0 Å². The summed E-state index contributed by atoms with van der Waals surface area (Å²) in [5, 5.41) is 0. The summed E-state index contributed by atoms with van der Waals surface area (Å²) in [6.07, 6.45) is 14.5. The van der Waals surface area contributed by atoms with E-state index in [0.717, 1.165) is 31.2 Å². The van der Waals surface area contributed by atoms with Crippen LogP contribution < -0.4 is 0 Å². The second-order valence-corrected chi connectivity index (χ2v) is 5.51. The second kappa shape index (κ2) is 6.18. The van der Waals surface area contributed by atoms with Crippen LogP contribution in [-0.2, 0) is 0 Å². The van der Waals surface area contributed by atoms with Gasteiger partial charge in [0, 0.05) is 5.71 Å². The topological polar surface area (TPSA) is 12.4 Å². The molecule has 1 saturated carbocycles. The Morgan fingerprint density at radius 1 is 1.35 bits per heavy atom. The van der Waals surface area contributed by atoms with Crippen LogP contribution in [0.25, 0.3) is 0 Å². The smallest absolute Gasteiger partial charge is 0.0576 e. The molecule has 0 spiro atoms. The van der Waals surface area contributed by atoms with Crippen molar-refractivity contribution in [2.45, 2.75) is 52.4 Å². The standard InChI is InChI=1S/C16H25N/c1-3-14-5-4-6-16(17-12-11-14)10-9-15-8-7-13(15)2/h4,6,11,13,15H,3,5,7-10,12H2,1-2H3/b6-4+,14-11-,17-16?. The minimum Gasteiger partial charge on any atom is -0.286 e. The maximum Gasteiger partial charge on any atom is 0.0576 e. The maximum atomic E-state index is 4.69. The fourth-order valence-corrected chi connectivity index (χ4v) is 2.72. The molecule has 2 unspecified atom stereocenters. The lowest BCUT2D eigenvalue weighted by atomic mass is 9.72. The third-order valence-electron chi connectivity index (χ3n) is 4.39. The molecule has 0 N–H and O–H groups in total. The van der Waals surface area contributed by atoms with Crippen molar-refractivity contribution in [3.05, 3.63) is 23.8 Å². The van der Waals surface area contributed by atoms with Crippen LogP contribution in [0.3, 0.4) is 0 Å². The van der Waals surface area contributed by atoms with Crippen molar-refractivity contribution in [3.8, 4) is 0 Å². The first-order valence-electron chi connectivity index (χ1n) is 7.17. The summed E-state index contributed by atoms with van der Waals surface area (Å²) in [5.41, 5.74) is 2.84. The summed E-state index contributed by atoms with van der Waals surface area (Å²) >= 11 is 0. The highest BCUT2D eigenvalue weighted by Crippen LogP contribution is 2.37. The largest absolute Gasteiger partial charge is 0.286 e. The zero-order valence-corrected chi connectivity index (χ0v) is 11.3. The van der Waals surface area contributed by atoms with Gasteiger partial charge in [-0.15, -0.1) is 0 Å². The molecule has 0 radical (unpaired) electrons. The summed E-state index contributed by atoms with van der Waals surface area (Å²) in [4.78, 5) is 4.69. The molecular formula is C16H25N. The van der Waals surface area contributed by atoms with Crippen LogP contribution in [0.2, 0.25) is 0 Å². The fourth-order valence-electron chi connectivity index (χ4n) is 2.72. The molecule has 0 aromatic rings. The Morgan fingerprint density at radius 2 is 2.24 bits per heavy atom. The van der Waals surface area contributed by atoms with Crippen LogP contribution in [0, 0.1) is 11.8 Å². The van der Waals surface area contributed by atoms with Gasteiger partial charge in [0.15, 0.2) is 0 Å².